The standard InChI is InChI=1S/C15H23NO/c1-3-13(2)17-15-10-7-11-16(12-15)14-8-5-4-6-9-14/h4-6,8-9,13,15H,3,7,10-12H2,1-2H3. The Morgan fingerprint density at radius 2 is 2.12 bits per heavy atom. The molecule has 1 saturated heterocycles. The zero-order valence-corrected chi connectivity index (χ0v) is 10.9. The predicted octanol–water partition coefficient (Wildman–Crippen LogP) is 3.47. The molecule has 1 heterocycles. The van der Waals surface area contributed by atoms with Crippen molar-refractivity contribution in [3.63, 3.8) is 0 Å². The van der Waals surface area contributed by atoms with Gasteiger partial charge in [-0.25, -0.2) is 0 Å². The molecule has 2 atom stereocenters. The Hall–Kier alpha value is -1.02. The summed E-state index contributed by atoms with van der Waals surface area (Å²) in [5.41, 5.74) is 1.32. The topological polar surface area (TPSA) is 12.5 Å². The zero-order chi connectivity index (χ0) is 12.1. The lowest BCUT2D eigenvalue weighted by atomic mass is 10.1. The Morgan fingerprint density at radius 1 is 1.35 bits per heavy atom. The van der Waals surface area contributed by atoms with Crippen molar-refractivity contribution < 1.29 is 4.74 Å². The number of hydrogen-bond donors (Lipinski definition) is 0. The van der Waals surface area contributed by atoms with Crippen molar-refractivity contribution >= 4 is 5.69 Å². The lowest BCUT2D eigenvalue weighted by molar-refractivity contribution is -0.00993. The molecule has 1 aliphatic rings. The van der Waals surface area contributed by atoms with Crippen LogP contribution in [0.25, 0.3) is 0 Å². The molecule has 0 amide bonds. The molecule has 2 heteroatoms. The zero-order valence-electron chi connectivity index (χ0n) is 10.9. The predicted molar refractivity (Wildman–Crippen MR) is 72.5 cm³/mol. The summed E-state index contributed by atoms with van der Waals surface area (Å²) in [4.78, 5) is 2.44. The molecule has 2 unspecified atom stereocenters. The number of hydrogen-bond acceptors (Lipinski definition) is 2. The average Bonchev–Trinajstić information content (AvgIpc) is 2.40. The van der Waals surface area contributed by atoms with Gasteiger partial charge in [-0.15, -0.1) is 0 Å². The minimum atomic E-state index is 0.385. The molecule has 94 valence electrons. The van der Waals surface area contributed by atoms with E-state index in [9.17, 15) is 0 Å². The van der Waals surface area contributed by atoms with Crippen molar-refractivity contribution in [2.24, 2.45) is 0 Å². The number of anilines is 1. The van der Waals surface area contributed by atoms with Crippen molar-refractivity contribution in [3.8, 4) is 0 Å². The van der Waals surface area contributed by atoms with E-state index in [-0.39, 0.29) is 0 Å². The highest BCUT2D eigenvalue weighted by Gasteiger charge is 2.21. The van der Waals surface area contributed by atoms with Crippen LogP contribution in [0.5, 0.6) is 0 Å². The van der Waals surface area contributed by atoms with Crippen LogP contribution in [0.4, 0.5) is 5.69 Å². The second-order valence-corrected chi connectivity index (χ2v) is 4.90. The fourth-order valence-electron chi connectivity index (χ4n) is 2.35. The molecule has 1 aromatic carbocycles. The van der Waals surface area contributed by atoms with Crippen LogP contribution in [0, 0.1) is 0 Å². The molecule has 2 nitrogen and oxygen atoms in total. The molecule has 1 aromatic rings. The highest BCUT2D eigenvalue weighted by Crippen LogP contribution is 2.21. The normalized spacial score (nSPS) is 22.5. The molecule has 0 spiro atoms. The first kappa shape index (κ1) is 12.4. The van der Waals surface area contributed by atoms with E-state index in [0.29, 0.717) is 12.2 Å². The van der Waals surface area contributed by atoms with Crippen molar-refractivity contribution in [2.75, 3.05) is 18.0 Å². The molecular weight excluding hydrogens is 210 g/mol. The van der Waals surface area contributed by atoms with Crippen LogP contribution in [-0.2, 0) is 4.74 Å². The summed E-state index contributed by atoms with van der Waals surface area (Å²) in [6, 6.07) is 10.7. The number of benzene rings is 1. The monoisotopic (exact) mass is 233 g/mol. The summed E-state index contributed by atoms with van der Waals surface area (Å²) in [5.74, 6) is 0. The van der Waals surface area contributed by atoms with Gasteiger partial charge in [0, 0.05) is 18.8 Å². The van der Waals surface area contributed by atoms with E-state index in [1.165, 1.54) is 18.5 Å². The van der Waals surface area contributed by atoms with Crippen LogP contribution in [0.3, 0.4) is 0 Å². The van der Waals surface area contributed by atoms with Crippen molar-refractivity contribution in [3.05, 3.63) is 30.3 Å². The van der Waals surface area contributed by atoms with Gasteiger partial charge in [0.2, 0.25) is 0 Å². The largest absolute Gasteiger partial charge is 0.373 e. The third kappa shape index (κ3) is 3.47. The van der Waals surface area contributed by atoms with Gasteiger partial charge in [-0.1, -0.05) is 25.1 Å². The highest BCUT2D eigenvalue weighted by molar-refractivity contribution is 5.46. The second-order valence-electron chi connectivity index (χ2n) is 4.90. The van der Waals surface area contributed by atoms with Crippen molar-refractivity contribution in [1.82, 2.24) is 0 Å². The maximum absolute atomic E-state index is 6.05. The summed E-state index contributed by atoms with van der Waals surface area (Å²) in [7, 11) is 0. The summed E-state index contributed by atoms with van der Waals surface area (Å²) < 4.78 is 6.05. The first-order chi connectivity index (χ1) is 8.29. The molecule has 0 N–H and O–H groups in total. The molecule has 0 saturated carbocycles. The van der Waals surface area contributed by atoms with Crippen LogP contribution in [0.15, 0.2) is 30.3 Å². The maximum atomic E-state index is 6.05. The van der Waals surface area contributed by atoms with Gasteiger partial charge >= 0.3 is 0 Å². The van der Waals surface area contributed by atoms with Gasteiger partial charge in [-0.2, -0.15) is 0 Å². The first-order valence-corrected chi connectivity index (χ1v) is 6.75. The third-order valence-electron chi connectivity index (χ3n) is 3.50. The second kappa shape index (κ2) is 6.06. The van der Waals surface area contributed by atoms with Gasteiger partial charge in [0.25, 0.3) is 0 Å². The minimum absolute atomic E-state index is 0.385. The van der Waals surface area contributed by atoms with Gasteiger partial charge in [-0.3, -0.25) is 0 Å². The van der Waals surface area contributed by atoms with Crippen LogP contribution in [0.2, 0.25) is 0 Å². The van der Waals surface area contributed by atoms with Gasteiger partial charge < -0.3 is 9.64 Å². The molecule has 0 aromatic heterocycles. The summed E-state index contributed by atoms with van der Waals surface area (Å²) >= 11 is 0. The lowest BCUT2D eigenvalue weighted by Crippen LogP contribution is -2.40. The molecule has 0 bridgehead atoms. The Balaban J connectivity index is 1.93. The molecular formula is C15H23NO. The number of rotatable bonds is 4. The van der Waals surface area contributed by atoms with Crippen LogP contribution < -0.4 is 4.90 Å². The highest BCUT2D eigenvalue weighted by atomic mass is 16.5. The summed E-state index contributed by atoms with van der Waals surface area (Å²) in [5, 5.41) is 0. The van der Waals surface area contributed by atoms with E-state index < -0.39 is 0 Å². The maximum Gasteiger partial charge on any atom is 0.0754 e. The molecule has 0 aliphatic carbocycles. The van der Waals surface area contributed by atoms with E-state index >= 15 is 0 Å². The Bertz CT molecular complexity index is 325. The number of ether oxygens (including phenoxy) is 1. The third-order valence-corrected chi connectivity index (χ3v) is 3.50. The number of nitrogens with zero attached hydrogens (tertiary/aromatic N) is 1. The first-order valence-electron chi connectivity index (χ1n) is 6.75. The molecule has 17 heavy (non-hydrogen) atoms. The van der Waals surface area contributed by atoms with E-state index in [4.69, 9.17) is 4.74 Å². The Kier molecular flexibility index (Phi) is 4.43. The van der Waals surface area contributed by atoms with Crippen molar-refractivity contribution in [1.29, 1.82) is 0 Å². The van der Waals surface area contributed by atoms with Gasteiger partial charge in [0.1, 0.15) is 0 Å². The fourth-order valence-corrected chi connectivity index (χ4v) is 2.35. The SMILES string of the molecule is CCC(C)OC1CCCN(c2ccccc2)C1. The Morgan fingerprint density at radius 3 is 2.82 bits per heavy atom. The molecule has 2 rings (SSSR count). The van der Waals surface area contributed by atoms with Crippen LogP contribution in [-0.4, -0.2) is 25.3 Å². The Labute approximate surface area is 105 Å². The van der Waals surface area contributed by atoms with Crippen LogP contribution in [0.1, 0.15) is 33.1 Å². The molecule has 1 fully saturated rings. The minimum Gasteiger partial charge on any atom is -0.373 e. The molecule has 1 aliphatic heterocycles. The summed E-state index contributed by atoms with van der Waals surface area (Å²) in [6.45, 7) is 6.54. The van der Waals surface area contributed by atoms with Gasteiger partial charge in [-0.05, 0) is 38.3 Å². The summed E-state index contributed by atoms with van der Waals surface area (Å²) in [6.07, 6.45) is 4.32. The van der Waals surface area contributed by atoms with Gasteiger partial charge in [0.15, 0.2) is 0 Å². The van der Waals surface area contributed by atoms with Crippen LogP contribution >= 0.6 is 0 Å². The lowest BCUT2D eigenvalue weighted by Gasteiger charge is -2.35. The fraction of sp³-hybridized carbons (Fsp3) is 0.600. The number of piperidine rings is 1. The molecule has 0 radical (unpaired) electrons. The van der Waals surface area contributed by atoms with E-state index in [2.05, 4.69) is 49.1 Å². The number of para-hydroxylation sites is 1. The van der Waals surface area contributed by atoms with Gasteiger partial charge in [0.05, 0.1) is 12.2 Å². The van der Waals surface area contributed by atoms with E-state index in [0.717, 1.165) is 19.5 Å². The van der Waals surface area contributed by atoms with E-state index in [1.54, 1.807) is 0 Å². The average molecular weight is 233 g/mol. The van der Waals surface area contributed by atoms with E-state index in [1.807, 2.05) is 0 Å². The smallest absolute Gasteiger partial charge is 0.0754 e. The van der Waals surface area contributed by atoms with Crippen molar-refractivity contribution in [2.45, 2.75) is 45.3 Å². The quantitative estimate of drug-likeness (QED) is 0.789.